The first kappa shape index (κ1) is 11.4. The van der Waals surface area contributed by atoms with E-state index in [-0.39, 0.29) is 17.9 Å². The lowest BCUT2D eigenvalue weighted by Gasteiger charge is -2.28. The molecular formula is C13H19NO2. The summed E-state index contributed by atoms with van der Waals surface area (Å²) >= 11 is 0. The van der Waals surface area contributed by atoms with Crippen LogP contribution in [0.3, 0.4) is 0 Å². The molecule has 0 amide bonds. The Hall–Kier alpha value is -1.06. The number of nitrogens with two attached hydrogens (primary N) is 1. The van der Waals surface area contributed by atoms with E-state index >= 15 is 0 Å². The van der Waals surface area contributed by atoms with E-state index in [0.717, 1.165) is 18.4 Å². The summed E-state index contributed by atoms with van der Waals surface area (Å²) in [6, 6.07) is 7.30. The summed E-state index contributed by atoms with van der Waals surface area (Å²) in [4.78, 5) is 0. The molecule has 0 aromatic heterocycles. The maximum absolute atomic E-state index is 9.15. The van der Waals surface area contributed by atoms with Gasteiger partial charge in [-0.1, -0.05) is 25.0 Å². The van der Waals surface area contributed by atoms with Crippen molar-refractivity contribution < 1.29 is 9.84 Å². The molecule has 1 aromatic carbocycles. The highest BCUT2D eigenvalue weighted by atomic mass is 16.5. The van der Waals surface area contributed by atoms with Crippen LogP contribution in [-0.2, 0) is 11.3 Å². The predicted molar refractivity (Wildman–Crippen MR) is 63.1 cm³/mol. The minimum Gasteiger partial charge on any atom is -0.508 e. The fourth-order valence-corrected chi connectivity index (χ4v) is 2.13. The Bertz CT molecular complexity index is 323. The van der Waals surface area contributed by atoms with E-state index in [1.165, 1.54) is 12.8 Å². The fourth-order valence-electron chi connectivity index (χ4n) is 2.13. The normalized spacial score (nSPS) is 25.6. The van der Waals surface area contributed by atoms with Gasteiger partial charge in [-0.15, -0.1) is 0 Å². The van der Waals surface area contributed by atoms with Gasteiger partial charge in [-0.25, -0.2) is 0 Å². The van der Waals surface area contributed by atoms with Gasteiger partial charge in [0, 0.05) is 6.04 Å². The molecule has 0 heterocycles. The van der Waals surface area contributed by atoms with Gasteiger partial charge in [-0.2, -0.15) is 0 Å². The van der Waals surface area contributed by atoms with Gasteiger partial charge in [0.05, 0.1) is 12.7 Å². The van der Waals surface area contributed by atoms with Crippen molar-refractivity contribution in [2.24, 2.45) is 5.73 Å². The van der Waals surface area contributed by atoms with E-state index in [4.69, 9.17) is 15.6 Å². The van der Waals surface area contributed by atoms with Crippen LogP contribution in [0.1, 0.15) is 31.2 Å². The quantitative estimate of drug-likeness (QED) is 0.822. The zero-order chi connectivity index (χ0) is 11.4. The van der Waals surface area contributed by atoms with Crippen molar-refractivity contribution in [3.63, 3.8) is 0 Å². The standard InChI is InChI=1S/C13H19NO2/c14-12-3-1-2-4-13(12)16-9-10-5-7-11(15)8-6-10/h5-8,12-13,15H,1-4,9,14H2. The first-order valence-corrected chi connectivity index (χ1v) is 5.91. The molecule has 1 fully saturated rings. The third-order valence-corrected chi connectivity index (χ3v) is 3.15. The highest BCUT2D eigenvalue weighted by Crippen LogP contribution is 2.21. The maximum Gasteiger partial charge on any atom is 0.115 e. The van der Waals surface area contributed by atoms with Gasteiger partial charge in [0.1, 0.15) is 5.75 Å². The van der Waals surface area contributed by atoms with Crippen molar-refractivity contribution in [3.8, 4) is 5.75 Å². The van der Waals surface area contributed by atoms with Crippen LogP contribution in [0, 0.1) is 0 Å². The van der Waals surface area contributed by atoms with Crippen LogP contribution in [0.15, 0.2) is 24.3 Å². The molecule has 0 aliphatic heterocycles. The molecule has 1 aromatic rings. The molecule has 1 aliphatic carbocycles. The van der Waals surface area contributed by atoms with Crippen molar-refractivity contribution >= 4 is 0 Å². The third-order valence-electron chi connectivity index (χ3n) is 3.15. The summed E-state index contributed by atoms with van der Waals surface area (Å²) in [7, 11) is 0. The molecule has 3 nitrogen and oxygen atoms in total. The van der Waals surface area contributed by atoms with Crippen LogP contribution in [0.5, 0.6) is 5.75 Å². The maximum atomic E-state index is 9.15. The Morgan fingerprint density at radius 1 is 1.19 bits per heavy atom. The van der Waals surface area contributed by atoms with Crippen molar-refractivity contribution in [1.29, 1.82) is 0 Å². The summed E-state index contributed by atoms with van der Waals surface area (Å²) in [5.41, 5.74) is 7.08. The van der Waals surface area contributed by atoms with Gasteiger partial charge >= 0.3 is 0 Å². The molecule has 16 heavy (non-hydrogen) atoms. The summed E-state index contributed by atoms with van der Waals surface area (Å²) in [6.07, 6.45) is 4.77. The zero-order valence-electron chi connectivity index (χ0n) is 9.43. The second-order valence-corrected chi connectivity index (χ2v) is 4.46. The van der Waals surface area contributed by atoms with Crippen molar-refractivity contribution in [3.05, 3.63) is 29.8 Å². The molecule has 2 atom stereocenters. The molecule has 3 N–H and O–H groups in total. The number of benzene rings is 1. The average molecular weight is 221 g/mol. The molecule has 1 aliphatic rings. The molecule has 2 rings (SSSR count). The molecule has 0 spiro atoms. The van der Waals surface area contributed by atoms with Crippen LogP contribution in [0.4, 0.5) is 0 Å². The number of ether oxygens (including phenoxy) is 1. The molecule has 0 bridgehead atoms. The Morgan fingerprint density at radius 2 is 1.88 bits per heavy atom. The lowest BCUT2D eigenvalue weighted by Crippen LogP contribution is -2.39. The Labute approximate surface area is 96.2 Å². The lowest BCUT2D eigenvalue weighted by molar-refractivity contribution is 0.00403. The zero-order valence-corrected chi connectivity index (χ0v) is 9.43. The van der Waals surface area contributed by atoms with Crippen LogP contribution in [0.25, 0.3) is 0 Å². The van der Waals surface area contributed by atoms with Crippen LogP contribution in [-0.4, -0.2) is 17.3 Å². The smallest absolute Gasteiger partial charge is 0.115 e. The van der Waals surface area contributed by atoms with Crippen LogP contribution >= 0.6 is 0 Å². The first-order valence-electron chi connectivity index (χ1n) is 5.91. The van der Waals surface area contributed by atoms with Crippen molar-refractivity contribution in [2.75, 3.05) is 0 Å². The minimum absolute atomic E-state index is 0.186. The predicted octanol–water partition coefficient (Wildman–Crippen LogP) is 2.18. The average Bonchev–Trinajstić information content (AvgIpc) is 2.30. The van der Waals surface area contributed by atoms with Gasteiger partial charge in [-0.3, -0.25) is 0 Å². The number of rotatable bonds is 3. The number of aromatic hydroxyl groups is 1. The topological polar surface area (TPSA) is 55.5 Å². The Balaban J connectivity index is 1.84. The van der Waals surface area contributed by atoms with E-state index < -0.39 is 0 Å². The van der Waals surface area contributed by atoms with Gasteiger partial charge in [0.25, 0.3) is 0 Å². The van der Waals surface area contributed by atoms with Crippen LogP contribution < -0.4 is 5.73 Å². The summed E-state index contributed by atoms with van der Waals surface area (Å²) in [5.74, 6) is 0.290. The Morgan fingerprint density at radius 3 is 2.56 bits per heavy atom. The Kier molecular flexibility index (Phi) is 3.80. The van der Waals surface area contributed by atoms with Crippen molar-refractivity contribution in [2.45, 2.75) is 44.4 Å². The molecule has 0 saturated heterocycles. The highest BCUT2D eigenvalue weighted by Gasteiger charge is 2.22. The van der Waals surface area contributed by atoms with Gasteiger partial charge in [0.15, 0.2) is 0 Å². The summed E-state index contributed by atoms with van der Waals surface area (Å²) in [6.45, 7) is 0.582. The molecular weight excluding hydrogens is 202 g/mol. The molecule has 3 heteroatoms. The van der Waals surface area contributed by atoms with Gasteiger partial charge in [0.2, 0.25) is 0 Å². The molecule has 88 valence electrons. The number of phenols is 1. The summed E-state index contributed by atoms with van der Waals surface area (Å²) in [5, 5.41) is 9.15. The second-order valence-electron chi connectivity index (χ2n) is 4.46. The first-order chi connectivity index (χ1) is 7.75. The summed E-state index contributed by atoms with van der Waals surface area (Å²) < 4.78 is 5.81. The second kappa shape index (κ2) is 5.32. The molecule has 0 radical (unpaired) electrons. The van der Waals surface area contributed by atoms with E-state index in [2.05, 4.69) is 0 Å². The van der Waals surface area contributed by atoms with Crippen molar-refractivity contribution in [1.82, 2.24) is 0 Å². The largest absolute Gasteiger partial charge is 0.508 e. The van der Waals surface area contributed by atoms with E-state index in [1.54, 1.807) is 12.1 Å². The van der Waals surface area contributed by atoms with Gasteiger partial charge < -0.3 is 15.6 Å². The number of hydrogen-bond acceptors (Lipinski definition) is 3. The SMILES string of the molecule is NC1CCCCC1OCc1ccc(O)cc1. The lowest BCUT2D eigenvalue weighted by atomic mass is 9.93. The monoisotopic (exact) mass is 221 g/mol. The van der Waals surface area contributed by atoms with E-state index in [1.807, 2.05) is 12.1 Å². The van der Waals surface area contributed by atoms with Gasteiger partial charge in [-0.05, 0) is 30.5 Å². The van der Waals surface area contributed by atoms with E-state index in [0.29, 0.717) is 6.61 Å². The molecule has 2 unspecified atom stereocenters. The minimum atomic E-state index is 0.186. The fraction of sp³-hybridized carbons (Fsp3) is 0.538. The molecule has 1 saturated carbocycles. The van der Waals surface area contributed by atoms with Crippen LogP contribution in [0.2, 0.25) is 0 Å². The number of hydrogen-bond donors (Lipinski definition) is 2. The third kappa shape index (κ3) is 2.97. The highest BCUT2D eigenvalue weighted by molar-refractivity contribution is 5.25. The van der Waals surface area contributed by atoms with E-state index in [9.17, 15) is 0 Å². The number of phenolic OH excluding ortho intramolecular Hbond substituents is 1.